The first-order chi connectivity index (χ1) is 19.6. The Morgan fingerprint density at radius 2 is 1.45 bits per heavy atom. The maximum Gasteiger partial charge on any atom is 0.407 e. The number of hydrogen-bond donors (Lipinski definition) is 2. The van der Waals surface area contributed by atoms with Crippen molar-refractivity contribution in [2.24, 2.45) is 0 Å². The SMILES string of the molecule is COc1cc(OCc2cccc(-c3ccccc3)c2C)cc(OC)c1CNCCNC(=O)OCc1ccccc1. The molecule has 4 rings (SSSR count). The monoisotopic (exact) mass is 540 g/mol. The lowest BCUT2D eigenvalue weighted by Gasteiger charge is -2.17. The molecule has 0 aromatic heterocycles. The van der Waals surface area contributed by atoms with Crippen LogP contribution in [0.25, 0.3) is 11.1 Å². The molecule has 4 aromatic carbocycles. The molecule has 4 aromatic rings. The molecule has 0 bridgehead atoms. The van der Waals surface area contributed by atoms with Gasteiger partial charge in [-0.1, -0.05) is 78.9 Å². The van der Waals surface area contributed by atoms with E-state index in [9.17, 15) is 4.79 Å². The summed E-state index contributed by atoms with van der Waals surface area (Å²) in [6.45, 7) is 4.23. The van der Waals surface area contributed by atoms with Crippen molar-refractivity contribution >= 4 is 6.09 Å². The number of rotatable bonds is 13. The molecule has 0 heterocycles. The molecule has 0 aliphatic carbocycles. The maximum absolute atomic E-state index is 11.9. The molecule has 0 saturated heterocycles. The molecule has 0 atom stereocenters. The van der Waals surface area contributed by atoms with Crippen LogP contribution >= 0.6 is 0 Å². The average molecular weight is 541 g/mol. The van der Waals surface area contributed by atoms with E-state index in [2.05, 4.69) is 47.9 Å². The van der Waals surface area contributed by atoms with Gasteiger partial charge in [-0.2, -0.15) is 0 Å². The molecule has 0 spiro atoms. The number of amides is 1. The van der Waals surface area contributed by atoms with E-state index in [1.807, 2.05) is 60.7 Å². The molecule has 208 valence electrons. The fourth-order valence-electron chi connectivity index (χ4n) is 4.39. The molecule has 2 N–H and O–H groups in total. The van der Waals surface area contributed by atoms with E-state index in [-0.39, 0.29) is 6.61 Å². The Morgan fingerprint density at radius 3 is 2.12 bits per heavy atom. The highest BCUT2D eigenvalue weighted by atomic mass is 16.5. The predicted octanol–water partition coefficient (Wildman–Crippen LogP) is 6.27. The third-order valence-electron chi connectivity index (χ3n) is 6.59. The van der Waals surface area contributed by atoms with Gasteiger partial charge in [0.1, 0.15) is 30.5 Å². The Bertz CT molecular complexity index is 1350. The summed E-state index contributed by atoms with van der Waals surface area (Å²) in [5, 5.41) is 6.07. The number of nitrogens with one attached hydrogen (secondary N) is 2. The van der Waals surface area contributed by atoms with E-state index in [4.69, 9.17) is 18.9 Å². The molecule has 0 radical (unpaired) electrons. The molecule has 0 unspecified atom stereocenters. The van der Waals surface area contributed by atoms with Crippen molar-refractivity contribution < 1.29 is 23.7 Å². The summed E-state index contributed by atoms with van der Waals surface area (Å²) in [5.74, 6) is 1.98. The zero-order valence-electron chi connectivity index (χ0n) is 23.2. The Morgan fingerprint density at radius 1 is 0.775 bits per heavy atom. The number of hydrogen-bond acceptors (Lipinski definition) is 6. The summed E-state index contributed by atoms with van der Waals surface area (Å²) in [4.78, 5) is 11.9. The van der Waals surface area contributed by atoms with Gasteiger partial charge in [0.25, 0.3) is 0 Å². The van der Waals surface area contributed by atoms with E-state index in [1.54, 1.807) is 14.2 Å². The van der Waals surface area contributed by atoms with Crippen LogP contribution in [0.4, 0.5) is 4.79 Å². The van der Waals surface area contributed by atoms with Gasteiger partial charge >= 0.3 is 6.09 Å². The third-order valence-corrected chi connectivity index (χ3v) is 6.59. The summed E-state index contributed by atoms with van der Waals surface area (Å²) in [6, 6.07) is 29.9. The Kier molecular flexibility index (Phi) is 10.4. The molecule has 7 heteroatoms. The van der Waals surface area contributed by atoms with Gasteiger partial charge in [0.05, 0.1) is 19.8 Å². The van der Waals surface area contributed by atoms with E-state index in [0.29, 0.717) is 43.5 Å². The van der Waals surface area contributed by atoms with Crippen molar-refractivity contribution in [2.75, 3.05) is 27.3 Å². The maximum atomic E-state index is 11.9. The van der Waals surface area contributed by atoms with Crippen LogP contribution in [0.15, 0.2) is 91.0 Å². The first-order valence-corrected chi connectivity index (χ1v) is 13.3. The number of ether oxygens (including phenoxy) is 4. The normalized spacial score (nSPS) is 10.6. The fourth-order valence-corrected chi connectivity index (χ4v) is 4.39. The number of alkyl carbamates (subject to hydrolysis) is 1. The van der Waals surface area contributed by atoms with Crippen LogP contribution in [-0.4, -0.2) is 33.4 Å². The molecule has 0 aliphatic rings. The topological polar surface area (TPSA) is 78.0 Å². The lowest BCUT2D eigenvalue weighted by Crippen LogP contribution is -2.32. The van der Waals surface area contributed by atoms with Crippen LogP contribution in [0.1, 0.15) is 22.3 Å². The van der Waals surface area contributed by atoms with Crippen molar-refractivity contribution in [1.29, 1.82) is 0 Å². The Balaban J connectivity index is 1.31. The lowest BCUT2D eigenvalue weighted by atomic mass is 9.97. The number of methoxy groups -OCH3 is 2. The second kappa shape index (κ2) is 14.6. The minimum Gasteiger partial charge on any atom is -0.496 e. The smallest absolute Gasteiger partial charge is 0.407 e. The summed E-state index contributed by atoms with van der Waals surface area (Å²) < 4.78 is 22.7. The highest BCUT2D eigenvalue weighted by Crippen LogP contribution is 2.35. The van der Waals surface area contributed by atoms with E-state index >= 15 is 0 Å². The van der Waals surface area contributed by atoms with Crippen molar-refractivity contribution in [3.8, 4) is 28.4 Å². The molecule has 0 saturated carbocycles. The van der Waals surface area contributed by atoms with E-state index in [1.165, 1.54) is 16.7 Å². The summed E-state index contributed by atoms with van der Waals surface area (Å²) in [6.07, 6.45) is -0.452. The Labute approximate surface area is 236 Å². The van der Waals surface area contributed by atoms with Gasteiger partial charge in [-0.05, 0) is 34.7 Å². The van der Waals surface area contributed by atoms with Crippen LogP contribution < -0.4 is 24.8 Å². The first kappa shape index (κ1) is 28.5. The zero-order valence-corrected chi connectivity index (χ0v) is 23.2. The van der Waals surface area contributed by atoms with Gasteiger partial charge in [0, 0.05) is 31.8 Å². The van der Waals surface area contributed by atoms with Crippen molar-refractivity contribution in [2.45, 2.75) is 26.7 Å². The molecule has 0 fully saturated rings. The van der Waals surface area contributed by atoms with Gasteiger partial charge in [-0.25, -0.2) is 4.79 Å². The quantitative estimate of drug-likeness (QED) is 0.195. The van der Waals surface area contributed by atoms with Gasteiger partial charge in [0.2, 0.25) is 0 Å². The van der Waals surface area contributed by atoms with Gasteiger partial charge < -0.3 is 29.6 Å². The number of benzene rings is 4. The zero-order chi connectivity index (χ0) is 28.2. The van der Waals surface area contributed by atoms with Crippen molar-refractivity contribution in [1.82, 2.24) is 10.6 Å². The average Bonchev–Trinajstić information content (AvgIpc) is 3.00. The van der Waals surface area contributed by atoms with Gasteiger partial charge in [0.15, 0.2) is 0 Å². The molecular weight excluding hydrogens is 504 g/mol. The van der Waals surface area contributed by atoms with Gasteiger partial charge in [-0.15, -0.1) is 0 Å². The first-order valence-electron chi connectivity index (χ1n) is 13.3. The minimum absolute atomic E-state index is 0.237. The van der Waals surface area contributed by atoms with Crippen LogP contribution in [0.3, 0.4) is 0 Å². The Hall–Kier alpha value is -4.49. The number of carbonyl (C=O) groups excluding carboxylic acids is 1. The highest BCUT2D eigenvalue weighted by Gasteiger charge is 2.14. The predicted molar refractivity (Wildman–Crippen MR) is 157 cm³/mol. The van der Waals surface area contributed by atoms with Crippen molar-refractivity contribution in [3.63, 3.8) is 0 Å². The third kappa shape index (κ3) is 7.77. The molecule has 0 aliphatic heterocycles. The second-order valence-corrected chi connectivity index (χ2v) is 9.22. The summed E-state index contributed by atoms with van der Waals surface area (Å²) in [5.41, 5.74) is 6.48. The largest absolute Gasteiger partial charge is 0.496 e. The molecule has 7 nitrogen and oxygen atoms in total. The van der Waals surface area contributed by atoms with Gasteiger partial charge in [-0.3, -0.25) is 0 Å². The summed E-state index contributed by atoms with van der Waals surface area (Å²) in [7, 11) is 3.25. The van der Waals surface area contributed by atoms with Crippen LogP contribution in [0, 0.1) is 6.92 Å². The molecular formula is C33H36N2O5. The standard InChI is InChI=1S/C33H36N2O5/c1-24-27(15-10-16-29(24)26-13-8-5-9-14-26)23-39-28-19-31(37-2)30(32(20-28)38-3)21-34-17-18-35-33(36)40-22-25-11-6-4-7-12-25/h4-16,19-20,34H,17-18,21-23H2,1-3H3,(H,35,36). The highest BCUT2D eigenvalue weighted by molar-refractivity contribution is 5.68. The molecule has 40 heavy (non-hydrogen) atoms. The van der Waals surface area contributed by atoms with Crippen LogP contribution in [0.2, 0.25) is 0 Å². The number of carbonyl (C=O) groups is 1. The van der Waals surface area contributed by atoms with Crippen LogP contribution in [-0.2, 0) is 24.5 Å². The lowest BCUT2D eigenvalue weighted by molar-refractivity contribution is 0.139. The minimum atomic E-state index is -0.452. The second-order valence-electron chi connectivity index (χ2n) is 9.22. The van der Waals surface area contributed by atoms with E-state index < -0.39 is 6.09 Å². The molecule has 1 amide bonds. The summed E-state index contributed by atoms with van der Waals surface area (Å²) >= 11 is 0. The van der Waals surface area contributed by atoms with Crippen molar-refractivity contribution in [3.05, 3.63) is 113 Å². The van der Waals surface area contributed by atoms with Crippen LogP contribution in [0.5, 0.6) is 17.2 Å². The fraction of sp³-hybridized carbons (Fsp3) is 0.242. The van der Waals surface area contributed by atoms with E-state index in [0.717, 1.165) is 16.7 Å².